The van der Waals surface area contributed by atoms with Gasteiger partial charge in [-0.1, -0.05) is 42.5 Å². The second-order valence-electron chi connectivity index (χ2n) is 6.37. The van der Waals surface area contributed by atoms with Gasteiger partial charge in [-0.3, -0.25) is 9.48 Å². The number of aromatic nitrogens is 2. The maximum atomic E-state index is 13.4. The van der Waals surface area contributed by atoms with Gasteiger partial charge >= 0.3 is 0 Å². The molecule has 5 heteroatoms. The Morgan fingerprint density at radius 1 is 1.08 bits per heavy atom. The average Bonchev–Trinajstić information content (AvgIpc) is 2.88. The van der Waals surface area contributed by atoms with Gasteiger partial charge in [0.1, 0.15) is 5.82 Å². The first-order valence-corrected chi connectivity index (χ1v) is 8.65. The summed E-state index contributed by atoms with van der Waals surface area (Å²) in [6.07, 6.45) is 1.11. The molecular formula is C21H22FN3O. The van der Waals surface area contributed by atoms with E-state index in [1.165, 1.54) is 12.1 Å². The Morgan fingerprint density at radius 2 is 1.81 bits per heavy atom. The first kappa shape index (κ1) is 17.9. The number of hydrogen-bond donors (Lipinski definition) is 1. The van der Waals surface area contributed by atoms with Gasteiger partial charge in [-0.25, -0.2) is 4.39 Å². The molecule has 3 aromatic rings. The molecule has 1 aromatic heterocycles. The van der Waals surface area contributed by atoms with E-state index in [1.54, 1.807) is 10.7 Å². The zero-order valence-corrected chi connectivity index (χ0v) is 15.0. The summed E-state index contributed by atoms with van der Waals surface area (Å²) < 4.78 is 15.2. The quantitative estimate of drug-likeness (QED) is 0.721. The molecule has 2 aromatic carbocycles. The molecule has 26 heavy (non-hydrogen) atoms. The van der Waals surface area contributed by atoms with Crippen molar-refractivity contribution in [2.24, 2.45) is 0 Å². The van der Waals surface area contributed by atoms with Crippen molar-refractivity contribution >= 4 is 11.6 Å². The van der Waals surface area contributed by atoms with Crippen LogP contribution in [0.15, 0.2) is 54.6 Å². The Kier molecular flexibility index (Phi) is 5.46. The number of benzene rings is 2. The van der Waals surface area contributed by atoms with Gasteiger partial charge in [0.2, 0.25) is 5.91 Å². The lowest BCUT2D eigenvalue weighted by atomic mass is 10.1. The number of carbonyl (C=O) groups excluding carboxylic acids is 1. The van der Waals surface area contributed by atoms with E-state index in [9.17, 15) is 9.18 Å². The predicted molar refractivity (Wildman–Crippen MR) is 101 cm³/mol. The number of nitrogens with zero attached hydrogens (tertiary/aromatic N) is 2. The minimum atomic E-state index is -0.265. The van der Waals surface area contributed by atoms with Gasteiger partial charge in [-0.2, -0.15) is 5.10 Å². The van der Waals surface area contributed by atoms with Crippen LogP contribution in [0.1, 0.15) is 28.9 Å². The molecule has 0 saturated carbocycles. The van der Waals surface area contributed by atoms with E-state index in [2.05, 4.69) is 10.4 Å². The van der Waals surface area contributed by atoms with E-state index in [4.69, 9.17) is 0 Å². The van der Waals surface area contributed by atoms with Crippen LogP contribution >= 0.6 is 0 Å². The van der Waals surface area contributed by atoms with Crippen LogP contribution in [0, 0.1) is 19.7 Å². The molecule has 0 saturated heterocycles. The lowest BCUT2D eigenvalue weighted by Gasteiger charge is -2.08. The van der Waals surface area contributed by atoms with Crippen molar-refractivity contribution in [3.8, 4) is 0 Å². The number of carbonyl (C=O) groups is 1. The van der Waals surface area contributed by atoms with Crippen LogP contribution in [0.3, 0.4) is 0 Å². The fourth-order valence-corrected chi connectivity index (χ4v) is 2.94. The van der Waals surface area contributed by atoms with E-state index in [0.29, 0.717) is 19.4 Å². The highest BCUT2D eigenvalue weighted by Crippen LogP contribution is 2.21. The van der Waals surface area contributed by atoms with Crippen molar-refractivity contribution in [3.05, 3.63) is 82.9 Å². The summed E-state index contributed by atoms with van der Waals surface area (Å²) in [4.78, 5) is 12.3. The molecule has 3 rings (SSSR count). The molecule has 0 spiro atoms. The third-order valence-electron chi connectivity index (χ3n) is 4.35. The van der Waals surface area contributed by atoms with Crippen LogP contribution in [-0.2, 0) is 17.8 Å². The Bertz CT molecular complexity index is 903. The minimum absolute atomic E-state index is 0.0367. The van der Waals surface area contributed by atoms with Gasteiger partial charge in [-0.05, 0) is 43.5 Å². The predicted octanol–water partition coefficient (Wildman–Crippen LogP) is 4.26. The monoisotopic (exact) mass is 351 g/mol. The van der Waals surface area contributed by atoms with Crippen LogP contribution in [0.5, 0.6) is 0 Å². The standard InChI is InChI=1S/C21H22FN3O/c1-15-21(23-20(26)12-11-17-7-4-3-5-8-17)16(2)25(24-15)14-18-9-6-10-19(22)13-18/h3-10,13H,11-12,14H2,1-2H3,(H,23,26). The van der Waals surface area contributed by atoms with Crippen LogP contribution < -0.4 is 5.32 Å². The highest BCUT2D eigenvalue weighted by atomic mass is 19.1. The fraction of sp³-hybridized carbons (Fsp3) is 0.238. The molecule has 0 atom stereocenters. The highest BCUT2D eigenvalue weighted by Gasteiger charge is 2.14. The number of amides is 1. The summed E-state index contributed by atoms with van der Waals surface area (Å²) in [5, 5.41) is 7.46. The molecule has 0 aliphatic heterocycles. The lowest BCUT2D eigenvalue weighted by molar-refractivity contribution is -0.116. The van der Waals surface area contributed by atoms with Gasteiger partial charge in [0.05, 0.1) is 23.6 Å². The summed E-state index contributed by atoms with van der Waals surface area (Å²) in [5.74, 6) is -0.302. The van der Waals surface area contributed by atoms with Crippen LogP contribution in [0.2, 0.25) is 0 Å². The summed E-state index contributed by atoms with van der Waals surface area (Å²) in [5.41, 5.74) is 4.32. The average molecular weight is 351 g/mol. The normalized spacial score (nSPS) is 10.7. The van der Waals surface area contributed by atoms with Gasteiger partial charge in [0, 0.05) is 6.42 Å². The van der Waals surface area contributed by atoms with E-state index < -0.39 is 0 Å². The molecule has 0 aliphatic carbocycles. The second-order valence-corrected chi connectivity index (χ2v) is 6.37. The smallest absolute Gasteiger partial charge is 0.224 e. The third-order valence-corrected chi connectivity index (χ3v) is 4.35. The van der Waals surface area contributed by atoms with Gasteiger partial charge in [0.25, 0.3) is 0 Å². The van der Waals surface area contributed by atoms with Crippen molar-refractivity contribution in [2.75, 3.05) is 5.32 Å². The molecule has 1 amide bonds. The molecule has 0 fully saturated rings. The van der Waals surface area contributed by atoms with E-state index in [1.807, 2.05) is 50.2 Å². The molecule has 1 N–H and O–H groups in total. The zero-order valence-electron chi connectivity index (χ0n) is 15.0. The van der Waals surface area contributed by atoms with E-state index in [0.717, 1.165) is 28.2 Å². The van der Waals surface area contributed by atoms with Gasteiger partial charge < -0.3 is 5.32 Å². The topological polar surface area (TPSA) is 46.9 Å². The Morgan fingerprint density at radius 3 is 2.54 bits per heavy atom. The Hall–Kier alpha value is -2.95. The van der Waals surface area contributed by atoms with Gasteiger partial charge in [0.15, 0.2) is 0 Å². The summed E-state index contributed by atoms with van der Waals surface area (Å²) in [7, 11) is 0. The molecule has 0 bridgehead atoms. The highest BCUT2D eigenvalue weighted by molar-refractivity contribution is 5.92. The van der Waals surface area contributed by atoms with Crippen molar-refractivity contribution in [1.82, 2.24) is 9.78 Å². The molecule has 0 unspecified atom stereocenters. The maximum absolute atomic E-state index is 13.4. The number of rotatable bonds is 6. The van der Waals surface area contributed by atoms with Crippen LogP contribution in [0.25, 0.3) is 0 Å². The second kappa shape index (κ2) is 7.95. The summed E-state index contributed by atoms with van der Waals surface area (Å²) in [6.45, 7) is 4.23. The first-order chi connectivity index (χ1) is 12.5. The number of anilines is 1. The molecule has 134 valence electrons. The SMILES string of the molecule is Cc1nn(Cc2cccc(F)c2)c(C)c1NC(=O)CCc1ccccc1. The van der Waals surface area contributed by atoms with Gasteiger partial charge in [-0.15, -0.1) is 0 Å². The Balaban J connectivity index is 1.66. The summed E-state index contributed by atoms with van der Waals surface area (Å²) in [6, 6.07) is 16.4. The first-order valence-electron chi connectivity index (χ1n) is 8.65. The van der Waals surface area contributed by atoms with Crippen LogP contribution in [-0.4, -0.2) is 15.7 Å². The molecule has 0 radical (unpaired) electrons. The summed E-state index contributed by atoms with van der Waals surface area (Å²) >= 11 is 0. The van der Waals surface area contributed by atoms with Crippen molar-refractivity contribution in [1.29, 1.82) is 0 Å². The van der Waals surface area contributed by atoms with E-state index in [-0.39, 0.29) is 11.7 Å². The largest absolute Gasteiger partial charge is 0.323 e. The van der Waals surface area contributed by atoms with Crippen molar-refractivity contribution in [2.45, 2.75) is 33.2 Å². The number of aryl methyl sites for hydroxylation is 2. The molecule has 4 nitrogen and oxygen atoms in total. The number of nitrogens with one attached hydrogen (secondary N) is 1. The van der Waals surface area contributed by atoms with Crippen molar-refractivity contribution < 1.29 is 9.18 Å². The zero-order chi connectivity index (χ0) is 18.5. The number of hydrogen-bond acceptors (Lipinski definition) is 2. The minimum Gasteiger partial charge on any atom is -0.323 e. The maximum Gasteiger partial charge on any atom is 0.224 e. The third kappa shape index (κ3) is 4.36. The van der Waals surface area contributed by atoms with Crippen LogP contribution in [0.4, 0.5) is 10.1 Å². The molecule has 0 aliphatic rings. The lowest BCUT2D eigenvalue weighted by Crippen LogP contribution is -2.13. The Labute approximate surface area is 152 Å². The van der Waals surface area contributed by atoms with E-state index >= 15 is 0 Å². The number of halogens is 1. The molecule has 1 heterocycles. The molecular weight excluding hydrogens is 329 g/mol. The van der Waals surface area contributed by atoms with Crippen molar-refractivity contribution in [3.63, 3.8) is 0 Å². The fourth-order valence-electron chi connectivity index (χ4n) is 2.94.